The van der Waals surface area contributed by atoms with Crippen LogP contribution >= 0.6 is 0 Å². The molecule has 1 aliphatic rings. The van der Waals surface area contributed by atoms with Gasteiger partial charge in [-0.2, -0.15) is 5.10 Å². The maximum absolute atomic E-state index is 12.4. The predicted octanol–water partition coefficient (Wildman–Crippen LogP) is 0.753. The smallest absolute Gasteiger partial charge is 0.312 e. The number of aromatic nitrogens is 3. The number of anilines is 1. The van der Waals surface area contributed by atoms with Gasteiger partial charge in [0.15, 0.2) is 6.61 Å². The molecule has 0 saturated carbocycles. The molecular formula is C21H21N5O4. The minimum Gasteiger partial charge on any atom is -0.455 e. The molecule has 9 nitrogen and oxygen atoms in total. The number of hydrogen-bond donors (Lipinski definition) is 1. The number of benzene rings is 1. The van der Waals surface area contributed by atoms with Crippen LogP contribution < -0.4 is 10.5 Å². The van der Waals surface area contributed by atoms with E-state index in [1.165, 1.54) is 0 Å². The average Bonchev–Trinajstić information content (AvgIpc) is 2.80. The van der Waals surface area contributed by atoms with Gasteiger partial charge in [-0.05, 0) is 18.2 Å². The lowest BCUT2D eigenvalue weighted by Crippen LogP contribution is -2.50. The van der Waals surface area contributed by atoms with Crippen LogP contribution in [-0.4, -0.2) is 64.7 Å². The van der Waals surface area contributed by atoms with Crippen molar-refractivity contribution in [1.29, 1.82) is 0 Å². The van der Waals surface area contributed by atoms with Gasteiger partial charge < -0.3 is 14.5 Å². The lowest BCUT2D eigenvalue weighted by Gasteiger charge is -2.35. The molecule has 1 N–H and O–H groups in total. The van der Waals surface area contributed by atoms with Crippen LogP contribution in [0.25, 0.3) is 10.8 Å². The Morgan fingerprint density at radius 2 is 1.73 bits per heavy atom. The molecule has 0 unspecified atom stereocenters. The Morgan fingerprint density at radius 1 is 1.00 bits per heavy atom. The van der Waals surface area contributed by atoms with Crippen molar-refractivity contribution >= 4 is 28.5 Å². The molecule has 30 heavy (non-hydrogen) atoms. The van der Waals surface area contributed by atoms with E-state index in [1.54, 1.807) is 35.4 Å². The normalized spacial score (nSPS) is 14.0. The van der Waals surface area contributed by atoms with Gasteiger partial charge in [-0.3, -0.25) is 14.4 Å². The van der Waals surface area contributed by atoms with E-state index in [0.29, 0.717) is 42.6 Å². The molecule has 1 fully saturated rings. The van der Waals surface area contributed by atoms with Crippen LogP contribution in [-0.2, 0) is 20.7 Å². The number of piperazine rings is 1. The molecule has 3 aromatic rings. The number of hydrogen-bond acceptors (Lipinski definition) is 7. The van der Waals surface area contributed by atoms with Crippen LogP contribution in [0.3, 0.4) is 0 Å². The molecule has 0 aliphatic carbocycles. The van der Waals surface area contributed by atoms with E-state index in [4.69, 9.17) is 4.74 Å². The number of aromatic amines is 1. The van der Waals surface area contributed by atoms with Gasteiger partial charge in [0, 0.05) is 37.8 Å². The number of fused-ring (bicyclic) bond motifs is 1. The number of nitrogens with one attached hydrogen (secondary N) is 1. The summed E-state index contributed by atoms with van der Waals surface area (Å²) in [4.78, 5) is 44.6. The number of carbonyl (C=O) groups excluding carboxylic acids is 2. The summed E-state index contributed by atoms with van der Waals surface area (Å²) >= 11 is 0. The van der Waals surface area contributed by atoms with E-state index in [-0.39, 0.29) is 24.5 Å². The van der Waals surface area contributed by atoms with E-state index in [1.807, 2.05) is 18.2 Å². The highest BCUT2D eigenvalue weighted by atomic mass is 16.5. The number of nitrogens with zero attached hydrogens (tertiary/aromatic N) is 4. The topological polar surface area (TPSA) is 108 Å². The molecule has 1 amide bonds. The van der Waals surface area contributed by atoms with Crippen LogP contribution in [0.5, 0.6) is 0 Å². The second-order valence-corrected chi connectivity index (χ2v) is 6.94. The van der Waals surface area contributed by atoms with Crippen molar-refractivity contribution in [2.75, 3.05) is 37.7 Å². The summed E-state index contributed by atoms with van der Waals surface area (Å²) in [5, 5.41) is 7.39. The first-order chi connectivity index (χ1) is 14.6. The summed E-state index contributed by atoms with van der Waals surface area (Å²) in [6, 6.07) is 12.6. The first-order valence-electron chi connectivity index (χ1n) is 9.67. The minimum atomic E-state index is -0.569. The number of rotatable bonds is 5. The van der Waals surface area contributed by atoms with Crippen molar-refractivity contribution in [3.05, 3.63) is 64.7 Å². The molecule has 1 aromatic carbocycles. The number of ether oxygens (including phenoxy) is 1. The molecule has 154 valence electrons. The number of pyridine rings is 1. The first kappa shape index (κ1) is 19.6. The van der Waals surface area contributed by atoms with Crippen molar-refractivity contribution in [3.63, 3.8) is 0 Å². The van der Waals surface area contributed by atoms with Crippen LogP contribution in [0.1, 0.15) is 5.69 Å². The van der Waals surface area contributed by atoms with Gasteiger partial charge >= 0.3 is 5.97 Å². The van der Waals surface area contributed by atoms with Gasteiger partial charge in [0.25, 0.3) is 11.5 Å². The second-order valence-electron chi connectivity index (χ2n) is 6.94. The van der Waals surface area contributed by atoms with Gasteiger partial charge in [0.1, 0.15) is 5.82 Å². The predicted molar refractivity (Wildman–Crippen MR) is 110 cm³/mol. The molecule has 3 heterocycles. The fourth-order valence-corrected chi connectivity index (χ4v) is 3.45. The third kappa shape index (κ3) is 4.29. The molecule has 4 rings (SSSR count). The zero-order valence-corrected chi connectivity index (χ0v) is 16.3. The van der Waals surface area contributed by atoms with E-state index in [2.05, 4.69) is 20.1 Å². The van der Waals surface area contributed by atoms with E-state index in [0.717, 1.165) is 5.82 Å². The Hall–Kier alpha value is -3.75. The fraction of sp³-hybridized carbons (Fsp3) is 0.286. The molecule has 1 aliphatic heterocycles. The SMILES string of the molecule is O=C(Cc1n[nH]c(=O)c2ccccc12)OCC(=O)N1CCN(c2ccccn2)CC1. The zero-order valence-electron chi connectivity index (χ0n) is 16.3. The Bertz CT molecular complexity index is 1110. The summed E-state index contributed by atoms with van der Waals surface area (Å²) in [5.41, 5.74) is 0.0920. The first-order valence-corrected chi connectivity index (χ1v) is 9.67. The highest BCUT2D eigenvalue weighted by Gasteiger charge is 2.23. The number of amides is 1. The molecule has 0 bridgehead atoms. The third-order valence-electron chi connectivity index (χ3n) is 5.05. The molecule has 9 heteroatoms. The Balaban J connectivity index is 1.29. The maximum atomic E-state index is 12.4. The Kier molecular flexibility index (Phi) is 5.69. The number of carbonyl (C=O) groups is 2. The largest absolute Gasteiger partial charge is 0.455 e. The van der Waals surface area contributed by atoms with Gasteiger partial charge in [-0.25, -0.2) is 10.1 Å². The van der Waals surface area contributed by atoms with Crippen LogP contribution in [0.15, 0.2) is 53.5 Å². The highest BCUT2D eigenvalue weighted by molar-refractivity contribution is 5.87. The van der Waals surface area contributed by atoms with E-state index in [9.17, 15) is 14.4 Å². The number of esters is 1. The van der Waals surface area contributed by atoms with Gasteiger partial charge in [0.2, 0.25) is 0 Å². The van der Waals surface area contributed by atoms with Gasteiger partial charge in [0.05, 0.1) is 17.5 Å². The Labute approximate surface area is 172 Å². The summed E-state index contributed by atoms with van der Waals surface area (Å²) < 4.78 is 5.16. The molecular weight excluding hydrogens is 386 g/mol. The van der Waals surface area contributed by atoms with Crippen molar-refractivity contribution in [2.45, 2.75) is 6.42 Å². The minimum absolute atomic E-state index is 0.127. The maximum Gasteiger partial charge on any atom is 0.312 e. The van der Waals surface area contributed by atoms with Crippen molar-refractivity contribution in [3.8, 4) is 0 Å². The van der Waals surface area contributed by atoms with Crippen LogP contribution in [0.4, 0.5) is 5.82 Å². The molecule has 0 spiro atoms. The highest BCUT2D eigenvalue weighted by Crippen LogP contribution is 2.14. The second kappa shape index (κ2) is 8.73. The van der Waals surface area contributed by atoms with Gasteiger partial charge in [-0.1, -0.05) is 24.3 Å². The fourth-order valence-electron chi connectivity index (χ4n) is 3.45. The quantitative estimate of drug-likeness (QED) is 0.622. The monoisotopic (exact) mass is 407 g/mol. The summed E-state index contributed by atoms with van der Waals surface area (Å²) in [6.07, 6.45) is 1.62. The third-order valence-corrected chi connectivity index (χ3v) is 5.05. The molecule has 0 radical (unpaired) electrons. The Morgan fingerprint density at radius 3 is 2.47 bits per heavy atom. The zero-order chi connectivity index (χ0) is 20.9. The van der Waals surface area contributed by atoms with Crippen molar-refractivity contribution < 1.29 is 14.3 Å². The van der Waals surface area contributed by atoms with Crippen molar-refractivity contribution in [1.82, 2.24) is 20.1 Å². The summed E-state index contributed by atoms with van der Waals surface area (Å²) in [7, 11) is 0. The van der Waals surface area contributed by atoms with E-state index >= 15 is 0 Å². The molecule has 2 aromatic heterocycles. The lowest BCUT2D eigenvalue weighted by molar-refractivity contribution is -0.151. The summed E-state index contributed by atoms with van der Waals surface area (Å²) in [6.45, 7) is 2.11. The standard InChI is InChI=1S/C21H21N5O4/c27-19(26-11-9-25(10-12-26)18-7-3-4-8-22-18)14-30-20(28)13-17-15-5-1-2-6-16(15)21(29)24-23-17/h1-8H,9-14H2,(H,24,29). The molecule has 0 atom stereocenters. The average molecular weight is 407 g/mol. The van der Waals surface area contributed by atoms with Crippen LogP contribution in [0, 0.1) is 0 Å². The molecule has 1 saturated heterocycles. The van der Waals surface area contributed by atoms with E-state index < -0.39 is 5.97 Å². The number of H-pyrrole nitrogens is 1. The summed E-state index contributed by atoms with van der Waals surface area (Å²) in [5.74, 6) is 0.0835. The van der Waals surface area contributed by atoms with Crippen molar-refractivity contribution in [2.24, 2.45) is 0 Å². The van der Waals surface area contributed by atoms with Crippen LogP contribution in [0.2, 0.25) is 0 Å². The lowest BCUT2D eigenvalue weighted by atomic mass is 10.1. The van der Waals surface area contributed by atoms with Gasteiger partial charge in [-0.15, -0.1) is 0 Å².